The summed E-state index contributed by atoms with van der Waals surface area (Å²) in [5.74, 6) is -2.13. The molecule has 8 nitrogen and oxygen atoms in total. The van der Waals surface area contributed by atoms with Crippen molar-refractivity contribution in [1.29, 1.82) is 0 Å². The largest absolute Gasteiger partial charge is 0.451 e. The van der Waals surface area contributed by atoms with Crippen LogP contribution in [0, 0.1) is 0 Å². The molecule has 0 saturated heterocycles. The zero-order valence-electron chi connectivity index (χ0n) is 16.7. The molecule has 0 aliphatic heterocycles. The number of amides is 3. The maximum atomic E-state index is 12.3. The Balaban J connectivity index is 1.99. The van der Waals surface area contributed by atoms with E-state index in [0.717, 1.165) is 0 Å². The lowest BCUT2D eigenvalue weighted by atomic mass is 10.2. The van der Waals surface area contributed by atoms with E-state index in [1.165, 1.54) is 19.1 Å². The van der Waals surface area contributed by atoms with Gasteiger partial charge >= 0.3 is 5.97 Å². The topological polar surface area (TPSA) is 114 Å². The summed E-state index contributed by atoms with van der Waals surface area (Å²) in [5, 5.41) is 7.63. The Morgan fingerprint density at radius 1 is 1.00 bits per heavy atom. The predicted octanol–water partition coefficient (Wildman–Crippen LogP) is 2.10. The Bertz CT molecular complexity index is 954. The van der Waals surface area contributed by atoms with E-state index in [2.05, 4.69) is 16.0 Å². The first kappa shape index (κ1) is 22.4. The van der Waals surface area contributed by atoms with Crippen LogP contribution in [0.5, 0.6) is 0 Å². The summed E-state index contributed by atoms with van der Waals surface area (Å²) in [4.78, 5) is 47.7. The van der Waals surface area contributed by atoms with Gasteiger partial charge in [-0.2, -0.15) is 0 Å². The third-order valence-electron chi connectivity index (χ3n) is 3.72. The molecular formula is C22H23N3O5. The Morgan fingerprint density at radius 2 is 1.73 bits per heavy atom. The number of nitrogens with one attached hydrogen (secondary N) is 3. The van der Waals surface area contributed by atoms with Gasteiger partial charge < -0.3 is 20.7 Å². The molecule has 0 heterocycles. The number of carbonyl (C=O) groups excluding carboxylic acids is 4. The summed E-state index contributed by atoms with van der Waals surface area (Å²) in [6, 6.07) is 15.3. The third-order valence-corrected chi connectivity index (χ3v) is 3.72. The summed E-state index contributed by atoms with van der Waals surface area (Å²) in [6.07, 6.45) is 1.46. The van der Waals surface area contributed by atoms with Gasteiger partial charge in [0.15, 0.2) is 6.61 Å². The van der Waals surface area contributed by atoms with E-state index in [4.69, 9.17) is 4.74 Å². The average molecular weight is 409 g/mol. The Labute approximate surface area is 174 Å². The lowest BCUT2D eigenvalue weighted by molar-refractivity contribution is -0.144. The minimum atomic E-state index is -0.847. The summed E-state index contributed by atoms with van der Waals surface area (Å²) in [6.45, 7) is 2.99. The van der Waals surface area contributed by atoms with Crippen molar-refractivity contribution in [3.05, 3.63) is 71.4 Å². The standard InChI is InChI=1S/C22H23N3O5/c1-3-23-21(28)17-10-7-11-18(13-17)25-20(27)14-30-22(29)19(24-15(2)26)12-16-8-5-4-6-9-16/h4-13H,3,14H2,1-2H3,(H,23,28)(H,24,26)(H,25,27)/b19-12-. The van der Waals surface area contributed by atoms with Crippen LogP contribution in [0.15, 0.2) is 60.3 Å². The van der Waals surface area contributed by atoms with Crippen molar-refractivity contribution in [1.82, 2.24) is 10.6 Å². The van der Waals surface area contributed by atoms with Gasteiger partial charge in [0, 0.05) is 24.7 Å². The lowest BCUT2D eigenvalue weighted by Gasteiger charge is -2.10. The minimum Gasteiger partial charge on any atom is -0.451 e. The zero-order chi connectivity index (χ0) is 21.9. The second-order valence-corrected chi connectivity index (χ2v) is 6.21. The SMILES string of the molecule is CCNC(=O)c1cccc(NC(=O)COC(=O)/C(=C/c2ccccc2)NC(C)=O)c1. The number of hydrogen-bond donors (Lipinski definition) is 3. The molecule has 0 unspecified atom stereocenters. The van der Waals surface area contributed by atoms with Gasteiger partial charge in [0.25, 0.3) is 11.8 Å². The van der Waals surface area contributed by atoms with Gasteiger partial charge in [0.2, 0.25) is 5.91 Å². The quantitative estimate of drug-likeness (QED) is 0.456. The highest BCUT2D eigenvalue weighted by atomic mass is 16.5. The normalized spacial score (nSPS) is 10.7. The summed E-state index contributed by atoms with van der Waals surface area (Å²) in [7, 11) is 0. The minimum absolute atomic E-state index is 0.0836. The fourth-order valence-electron chi connectivity index (χ4n) is 2.46. The van der Waals surface area contributed by atoms with Crippen LogP contribution in [-0.4, -0.2) is 36.8 Å². The van der Waals surface area contributed by atoms with Gasteiger partial charge in [-0.3, -0.25) is 14.4 Å². The Hall–Kier alpha value is -3.94. The molecule has 0 radical (unpaired) electrons. The van der Waals surface area contributed by atoms with Crippen molar-refractivity contribution < 1.29 is 23.9 Å². The summed E-state index contributed by atoms with van der Waals surface area (Å²) >= 11 is 0. The average Bonchev–Trinajstić information content (AvgIpc) is 2.72. The molecule has 0 atom stereocenters. The molecule has 0 aliphatic rings. The van der Waals surface area contributed by atoms with Gasteiger partial charge in [-0.1, -0.05) is 36.4 Å². The van der Waals surface area contributed by atoms with E-state index in [1.807, 2.05) is 6.07 Å². The molecule has 0 aromatic heterocycles. The van der Waals surface area contributed by atoms with E-state index >= 15 is 0 Å². The van der Waals surface area contributed by atoms with Crippen molar-refractivity contribution in [2.24, 2.45) is 0 Å². The number of carbonyl (C=O) groups is 4. The van der Waals surface area contributed by atoms with Crippen LogP contribution in [0.2, 0.25) is 0 Å². The molecule has 0 bridgehead atoms. The second-order valence-electron chi connectivity index (χ2n) is 6.21. The molecular weight excluding hydrogens is 386 g/mol. The van der Waals surface area contributed by atoms with Crippen LogP contribution in [0.3, 0.4) is 0 Å². The smallest absolute Gasteiger partial charge is 0.355 e. The molecule has 156 valence electrons. The molecule has 2 rings (SSSR count). The van der Waals surface area contributed by atoms with E-state index in [1.54, 1.807) is 49.4 Å². The number of benzene rings is 2. The number of rotatable bonds is 8. The number of anilines is 1. The van der Waals surface area contributed by atoms with Crippen molar-refractivity contribution >= 4 is 35.5 Å². The molecule has 0 saturated carbocycles. The van der Waals surface area contributed by atoms with Gasteiger partial charge in [0.05, 0.1) is 0 Å². The molecule has 0 spiro atoms. The molecule has 0 fully saturated rings. The molecule has 2 aromatic carbocycles. The molecule has 8 heteroatoms. The van der Waals surface area contributed by atoms with Crippen molar-refractivity contribution in [3.63, 3.8) is 0 Å². The maximum absolute atomic E-state index is 12.3. The van der Waals surface area contributed by atoms with Crippen molar-refractivity contribution in [3.8, 4) is 0 Å². The van der Waals surface area contributed by atoms with E-state index < -0.39 is 24.4 Å². The Kier molecular flexibility index (Phi) is 8.31. The monoisotopic (exact) mass is 409 g/mol. The van der Waals surface area contributed by atoms with Crippen LogP contribution in [-0.2, 0) is 19.1 Å². The maximum Gasteiger partial charge on any atom is 0.355 e. The first-order chi connectivity index (χ1) is 14.4. The van der Waals surface area contributed by atoms with Crippen LogP contribution in [0.4, 0.5) is 5.69 Å². The second kappa shape index (κ2) is 11.2. The first-order valence-corrected chi connectivity index (χ1v) is 9.28. The number of ether oxygens (including phenoxy) is 1. The van der Waals surface area contributed by atoms with Gasteiger partial charge in [-0.15, -0.1) is 0 Å². The van der Waals surface area contributed by atoms with E-state index in [0.29, 0.717) is 23.4 Å². The van der Waals surface area contributed by atoms with Gasteiger partial charge in [0.1, 0.15) is 5.70 Å². The van der Waals surface area contributed by atoms with Crippen LogP contribution in [0.1, 0.15) is 29.8 Å². The van der Waals surface area contributed by atoms with Crippen molar-refractivity contribution in [2.75, 3.05) is 18.5 Å². The van der Waals surface area contributed by atoms with E-state index in [9.17, 15) is 19.2 Å². The fraction of sp³-hybridized carbons (Fsp3) is 0.182. The van der Waals surface area contributed by atoms with Crippen molar-refractivity contribution in [2.45, 2.75) is 13.8 Å². The summed E-state index contributed by atoms with van der Waals surface area (Å²) < 4.78 is 5.01. The fourth-order valence-corrected chi connectivity index (χ4v) is 2.46. The highest BCUT2D eigenvalue weighted by molar-refractivity contribution is 6.00. The highest BCUT2D eigenvalue weighted by Gasteiger charge is 2.15. The Morgan fingerprint density at radius 3 is 2.40 bits per heavy atom. The zero-order valence-corrected chi connectivity index (χ0v) is 16.7. The van der Waals surface area contributed by atoms with Crippen LogP contribution in [0.25, 0.3) is 6.08 Å². The lowest BCUT2D eigenvalue weighted by Crippen LogP contribution is -2.29. The highest BCUT2D eigenvalue weighted by Crippen LogP contribution is 2.11. The third kappa shape index (κ3) is 7.23. The van der Waals surface area contributed by atoms with Gasteiger partial charge in [-0.05, 0) is 36.8 Å². The van der Waals surface area contributed by atoms with Gasteiger partial charge in [-0.25, -0.2) is 4.79 Å². The number of esters is 1. The summed E-state index contributed by atoms with van der Waals surface area (Å²) in [5.41, 5.74) is 1.39. The molecule has 3 N–H and O–H groups in total. The first-order valence-electron chi connectivity index (χ1n) is 9.28. The molecule has 0 aliphatic carbocycles. The molecule has 30 heavy (non-hydrogen) atoms. The predicted molar refractivity (Wildman–Crippen MR) is 112 cm³/mol. The molecule has 2 aromatic rings. The van der Waals surface area contributed by atoms with E-state index in [-0.39, 0.29) is 11.6 Å². The molecule has 3 amide bonds. The van der Waals surface area contributed by atoms with Crippen LogP contribution >= 0.6 is 0 Å². The van der Waals surface area contributed by atoms with Crippen LogP contribution < -0.4 is 16.0 Å². The number of hydrogen-bond acceptors (Lipinski definition) is 5.